The molecule has 4 nitrogen and oxygen atoms in total. The summed E-state index contributed by atoms with van der Waals surface area (Å²) in [5.74, 6) is 1.30. The van der Waals surface area contributed by atoms with E-state index in [1.54, 1.807) is 4.68 Å². The summed E-state index contributed by atoms with van der Waals surface area (Å²) < 4.78 is 1.80. The highest BCUT2D eigenvalue weighted by Crippen LogP contribution is 2.27. The van der Waals surface area contributed by atoms with E-state index >= 15 is 0 Å². The van der Waals surface area contributed by atoms with Gasteiger partial charge in [0.1, 0.15) is 5.82 Å². The maximum absolute atomic E-state index is 5.95. The Morgan fingerprint density at radius 3 is 2.54 bits per heavy atom. The van der Waals surface area contributed by atoms with E-state index in [4.69, 9.17) is 5.73 Å². The summed E-state index contributed by atoms with van der Waals surface area (Å²) in [5.41, 5.74) is 7.69. The van der Waals surface area contributed by atoms with Crippen molar-refractivity contribution in [1.29, 1.82) is 0 Å². The lowest BCUT2D eigenvalue weighted by atomic mass is 10.1. The summed E-state index contributed by atoms with van der Waals surface area (Å²) in [6, 6.07) is 0. The van der Waals surface area contributed by atoms with Crippen molar-refractivity contribution in [1.82, 2.24) is 9.78 Å². The van der Waals surface area contributed by atoms with Gasteiger partial charge in [-0.1, -0.05) is 13.8 Å². The molecular weight excluding hydrogens is 164 g/mol. The molecule has 74 valence electrons. The summed E-state index contributed by atoms with van der Waals surface area (Å²) in [4.78, 5) is 0. The Morgan fingerprint density at radius 2 is 2.15 bits per heavy atom. The fourth-order valence-electron chi connectivity index (χ4n) is 1.36. The predicted molar refractivity (Wildman–Crippen MR) is 55.9 cm³/mol. The van der Waals surface area contributed by atoms with E-state index in [0.717, 1.165) is 23.7 Å². The lowest BCUT2D eigenvalue weighted by Gasteiger charge is -2.04. The number of rotatable bonds is 3. The Balaban J connectivity index is 3.07. The van der Waals surface area contributed by atoms with Gasteiger partial charge in [-0.3, -0.25) is 4.68 Å². The van der Waals surface area contributed by atoms with Gasteiger partial charge in [0.05, 0.1) is 11.4 Å². The third-order valence-corrected chi connectivity index (χ3v) is 2.00. The van der Waals surface area contributed by atoms with Gasteiger partial charge in [0.2, 0.25) is 0 Å². The van der Waals surface area contributed by atoms with Crippen molar-refractivity contribution in [2.24, 2.45) is 7.05 Å². The molecule has 0 saturated heterocycles. The number of aromatic nitrogens is 2. The topological polar surface area (TPSA) is 55.9 Å². The van der Waals surface area contributed by atoms with Crippen molar-refractivity contribution in [2.45, 2.75) is 26.7 Å². The molecule has 0 aliphatic rings. The lowest BCUT2D eigenvalue weighted by molar-refractivity contribution is 0.716. The van der Waals surface area contributed by atoms with Gasteiger partial charge in [-0.2, -0.15) is 5.10 Å². The van der Waals surface area contributed by atoms with Gasteiger partial charge in [-0.25, -0.2) is 0 Å². The van der Waals surface area contributed by atoms with E-state index in [1.165, 1.54) is 0 Å². The van der Waals surface area contributed by atoms with Crippen LogP contribution in [0.2, 0.25) is 0 Å². The molecule has 3 N–H and O–H groups in total. The predicted octanol–water partition coefficient (Wildman–Crippen LogP) is 1.56. The van der Waals surface area contributed by atoms with E-state index in [-0.39, 0.29) is 0 Å². The minimum absolute atomic E-state index is 0.374. The first-order valence-electron chi connectivity index (χ1n) is 4.64. The quantitative estimate of drug-likeness (QED) is 0.745. The summed E-state index contributed by atoms with van der Waals surface area (Å²) in [7, 11) is 1.90. The Hall–Kier alpha value is -1.19. The van der Waals surface area contributed by atoms with E-state index < -0.39 is 0 Å². The van der Waals surface area contributed by atoms with Crippen molar-refractivity contribution < 1.29 is 0 Å². The van der Waals surface area contributed by atoms with Gasteiger partial charge in [-0.15, -0.1) is 0 Å². The maximum atomic E-state index is 5.95. The summed E-state index contributed by atoms with van der Waals surface area (Å²) in [6.07, 6.45) is 0. The Bertz CT molecular complexity index is 288. The van der Waals surface area contributed by atoms with E-state index in [1.807, 2.05) is 14.0 Å². The minimum atomic E-state index is 0.374. The molecule has 0 spiro atoms. The molecule has 13 heavy (non-hydrogen) atoms. The lowest BCUT2D eigenvalue weighted by Crippen LogP contribution is -2.04. The molecule has 0 bridgehead atoms. The maximum Gasteiger partial charge on any atom is 0.147 e. The molecule has 0 aliphatic heterocycles. The highest BCUT2D eigenvalue weighted by Gasteiger charge is 2.14. The van der Waals surface area contributed by atoms with Gasteiger partial charge in [0.25, 0.3) is 0 Å². The van der Waals surface area contributed by atoms with E-state index in [0.29, 0.717) is 5.92 Å². The first kappa shape index (κ1) is 9.89. The molecule has 0 fully saturated rings. The van der Waals surface area contributed by atoms with Crippen LogP contribution in [-0.2, 0) is 7.05 Å². The zero-order valence-corrected chi connectivity index (χ0v) is 8.76. The molecule has 0 saturated carbocycles. The molecule has 1 aromatic heterocycles. The molecule has 0 atom stereocenters. The minimum Gasteiger partial charge on any atom is -0.394 e. The van der Waals surface area contributed by atoms with Gasteiger partial charge in [0, 0.05) is 13.6 Å². The molecule has 1 aromatic rings. The average Bonchev–Trinajstić information content (AvgIpc) is 2.32. The monoisotopic (exact) mass is 182 g/mol. The molecule has 0 radical (unpaired) electrons. The number of nitrogens with zero attached hydrogens (tertiary/aromatic N) is 2. The number of nitrogens with one attached hydrogen (secondary N) is 1. The number of anilines is 2. The van der Waals surface area contributed by atoms with Crippen LogP contribution in [-0.4, -0.2) is 16.3 Å². The number of nitrogen functional groups attached to an aromatic ring is 1. The summed E-state index contributed by atoms with van der Waals surface area (Å²) in [6.45, 7) is 7.09. The molecule has 1 heterocycles. The Labute approximate surface area is 79.1 Å². The first-order valence-corrected chi connectivity index (χ1v) is 4.64. The van der Waals surface area contributed by atoms with Gasteiger partial charge in [-0.05, 0) is 12.8 Å². The number of nitrogens with two attached hydrogens (primary N) is 1. The second-order valence-corrected chi connectivity index (χ2v) is 3.46. The zero-order valence-electron chi connectivity index (χ0n) is 8.76. The van der Waals surface area contributed by atoms with Gasteiger partial charge >= 0.3 is 0 Å². The SMILES string of the molecule is CCNc1c(N)c(C(C)C)nn1C. The van der Waals surface area contributed by atoms with Crippen LogP contribution in [0, 0.1) is 0 Å². The van der Waals surface area contributed by atoms with Gasteiger partial charge in [0.15, 0.2) is 0 Å². The normalized spacial score (nSPS) is 10.8. The van der Waals surface area contributed by atoms with Crippen LogP contribution in [0.25, 0.3) is 0 Å². The van der Waals surface area contributed by atoms with Crippen LogP contribution in [0.1, 0.15) is 32.4 Å². The highest BCUT2D eigenvalue weighted by molar-refractivity contribution is 5.65. The van der Waals surface area contributed by atoms with Crippen LogP contribution in [0.4, 0.5) is 11.5 Å². The highest BCUT2D eigenvalue weighted by atomic mass is 15.3. The molecule has 0 aliphatic carbocycles. The fourth-order valence-corrected chi connectivity index (χ4v) is 1.36. The zero-order chi connectivity index (χ0) is 10.0. The third kappa shape index (κ3) is 1.76. The largest absolute Gasteiger partial charge is 0.394 e. The van der Waals surface area contributed by atoms with E-state index in [9.17, 15) is 0 Å². The van der Waals surface area contributed by atoms with Crippen molar-refractivity contribution in [2.75, 3.05) is 17.6 Å². The number of aryl methyl sites for hydroxylation is 1. The number of hydrogen-bond donors (Lipinski definition) is 2. The molecule has 0 aromatic carbocycles. The molecule has 1 rings (SSSR count). The van der Waals surface area contributed by atoms with Crippen LogP contribution >= 0.6 is 0 Å². The second-order valence-electron chi connectivity index (χ2n) is 3.46. The Kier molecular flexibility index (Phi) is 2.80. The standard InChI is InChI=1S/C9H18N4/c1-5-11-9-7(10)8(6(2)3)12-13(9)4/h6,11H,5,10H2,1-4H3. The molecule has 0 unspecified atom stereocenters. The Morgan fingerprint density at radius 1 is 1.54 bits per heavy atom. The van der Waals surface area contributed by atoms with Crippen molar-refractivity contribution in [3.8, 4) is 0 Å². The fraction of sp³-hybridized carbons (Fsp3) is 0.667. The van der Waals surface area contributed by atoms with Crippen LogP contribution < -0.4 is 11.1 Å². The second kappa shape index (κ2) is 3.68. The van der Waals surface area contributed by atoms with Crippen molar-refractivity contribution in [3.63, 3.8) is 0 Å². The number of hydrogen-bond acceptors (Lipinski definition) is 3. The van der Waals surface area contributed by atoms with Crippen LogP contribution in [0.5, 0.6) is 0 Å². The van der Waals surface area contributed by atoms with Crippen LogP contribution in [0.3, 0.4) is 0 Å². The smallest absolute Gasteiger partial charge is 0.147 e. The summed E-state index contributed by atoms with van der Waals surface area (Å²) in [5, 5.41) is 7.55. The third-order valence-electron chi connectivity index (χ3n) is 2.00. The molecular formula is C9H18N4. The molecule has 4 heteroatoms. The average molecular weight is 182 g/mol. The van der Waals surface area contributed by atoms with E-state index in [2.05, 4.69) is 24.3 Å². The van der Waals surface area contributed by atoms with Crippen molar-refractivity contribution in [3.05, 3.63) is 5.69 Å². The first-order chi connectivity index (χ1) is 6.07. The summed E-state index contributed by atoms with van der Waals surface area (Å²) >= 11 is 0. The van der Waals surface area contributed by atoms with Crippen molar-refractivity contribution >= 4 is 11.5 Å². The molecule has 0 amide bonds. The van der Waals surface area contributed by atoms with Crippen LogP contribution in [0.15, 0.2) is 0 Å². The van der Waals surface area contributed by atoms with Gasteiger partial charge < -0.3 is 11.1 Å².